The molecule has 1 fully saturated rings. The summed E-state index contributed by atoms with van der Waals surface area (Å²) in [7, 11) is 0. The number of carbonyl (C=O) groups excluding carboxylic acids is 1. The van der Waals surface area contributed by atoms with Crippen molar-refractivity contribution in [2.45, 2.75) is 57.8 Å². The standard InChI is InChI=1S/C13H20O/c14-13(12-8-4-5-9-12)10-11-6-2-1-3-7-11/h8,11H,1-7,9-10H2. The van der Waals surface area contributed by atoms with Crippen LogP contribution in [-0.2, 0) is 4.79 Å². The Morgan fingerprint density at radius 1 is 1.21 bits per heavy atom. The van der Waals surface area contributed by atoms with E-state index in [1.54, 1.807) is 0 Å². The van der Waals surface area contributed by atoms with Crippen LogP contribution in [0, 0.1) is 5.92 Å². The van der Waals surface area contributed by atoms with Crippen molar-refractivity contribution in [3.05, 3.63) is 11.6 Å². The second kappa shape index (κ2) is 4.77. The quantitative estimate of drug-likeness (QED) is 0.667. The molecular formula is C13H20O. The number of ketones is 1. The van der Waals surface area contributed by atoms with Crippen LogP contribution in [0.15, 0.2) is 11.6 Å². The van der Waals surface area contributed by atoms with Crippen molar-refractivity contribution in [1.82, 2.24) is 0 Å². The highest BCUT2D eigenvalue weighted by Gasteiger charge is 2.20. The summed E-state index contributed by atoms with van der Waals surface area (Å²) in [5.74, 6) is 1.16. The third-order valence-corrected chi connectivity index (χ3v) is 3.60. The maximum absolute atomic E-state index is 11.8. The summed E-state index contributed by atoms with van der Waals surface area (Å²) < 4.78 is 0. The molecule has 0 aromatic carbocycles. The molecule has 2 aliphatic carbocycles. The Bertz CT molecular complexity index is 234. The zero-order valence-corrected chi connectivity index (χ0v) is 8.93. The first kappa shape index (κ1) is 9.95. The van der Waals surface area contributed by atoms with Crippen molar-refractivity contribution in [3.8, 4) is 0 Å². The van der Waals surface area contributed by atoms with Gasteiger partial charge in [-0.3, -0.25) is 4.79 Å². The largest absolute Gasteiger partial charge is 0.295 e. The predicted molar refractivity (Wildman–Crippen MR) is 58.1 cm³/mol. The average Bonchev–Trinajstić information content (AvgIpc) is 2.72. The van der Waals surface area contributed by atoms with Crippen LogP contribution < -0.4 is 0 Å². The highest BCUT2D eigenvalue weighted by molar-refractivity contribution is 5.95. The van der Waals surface area contributed by atoms with E-state index in [-0.39, 0.29) is 0 Å². The Morgan fingerprint density at radius 3 is 2.64 bits per heavy atom. The zero-order valence-electron chi connectivity index (χ0n) is 8.93. The number of Topliss-reactive ketones (excluding diaryl/α,β-unsaturated/α-hetero) is 1. The van der Waals surface area contributed by atoms with Gasteiger partial charge in [0.1, 0.15) is 0 Å². The van der Waals surface area contributed by atoms with E-state index >= 15 is 0 Å². The lowest BCUT2D eigenvalue weighted by molar-refractivity contribution is -0.116. The molecule has 0 amide bonds. The van der Waals surface area contributed by atoms with E-state index in [0.717, 1.165) is 24.8 Å². The fraction of sp³-hybridized carbons (Fsp3) is 0.769. The van der Waals surface area contributed by atoms with Crippen LogP contribution >= 0.6 is 0 Å². The molecule has 0 radical (unpaired) electrons. The van der Waals surface area contributed by atoms with Crippen molar-refractivity contribution in [1.29, 1.82) is 0 Å². The van der Waals surface area contributed by atoms with Gasteiger partial charge in [0.15, 0.2) is 5.78 Å². The van der Waals surface area contributed by atoms with Crippen LogP contribution in [0.25, 0.3) is 0 Å². The Morgan fingerprint density at radius 2 is 2.00 bits per heavy atom. The molecule has 0 aliphatic heterocycles. The van der Waals surface area contributed by atoms with Crippen molar-refractivity contribution < 1.29 is 4.79 Å². The molecule has 0 saturated heterocycles. The third kappa shape index (κ3) is 2.46. The molecule has 1 heteroatoms. The maximum Gasteiger partial charge on any atom is 0.158 e. The van der Waals surface area contributed by atoms with E-state index < -0.39 is 0 Å². The first-order valence-corrected chi connectivity index (χ1v) is 6.08. The van der Waals surface area contributed by atoms with Gasteiger partial charge >= 0.3 is 0 Å². The molecule has 78 valence electrons. The smallest absolute Gasteiger partial charge is 0.158 e. The molecule has 14 heavy (non-hydrogen) atoms. The summed E-state index contributed by atoms with van der Waals surface area (Å²) >= 11 is 0. The number of rotatable bonds is 3. The van der Waals surface area contributed by atoms with Gasteiger partial charge in [-0.15, -0.1) is 0 Å². The maximum atomic E-state index is 11.8. The summed E-state index contributed by atoms with van der Waals surface area (Å²) in [5.41, 5.74) is 1.13. The van der Waals surface area contributed by atoms with Crippen LogP contribution in [0.2, 0.25) is 0 Å². The predicted octanol–water partition coefficient (Wildman–Crippen LogP) is 3.64. The molecule has 0 aromatic heterocycles. The molecule has 0 spiro atoms. The van der Waals surface area contributed by atoms with Gasteiger partial charge in [0, 0.05) is 6.42 Å². The van der Waals surface area contributed by atoms with Crippen molar-refractivity contribution >= 4 is 5.78 Å². The van der Waals surface area contributed by atoms with Crippen LogP contribution in [-0.4, -0.2) is 5.78 Å². The first-order chi connectivity index (χ1) is 6.86. The van der Waals surface area contributed by atoms with Crippen LogP contribution in [0.3, 0.4) is 0 Å². The molecule has 0 atom stereocenters. The lowest BCUT2D eigenvalue weighted by Gasteiger charge is -2.20. The van der Waals surface area contributed by atoms with Gasteiger partial charge in [-0.1, -0.05) is 38.2 Å². The molecule has 1 nitrogen and oxygen atoms in total. The molecule has 0 aromatic rings. The monoisotopic (exact) mass is 192 g/mol. The van der Waals surface area contributed by atoms with E-state index in [9.17, 15) is 4.79 Å². The van der Waals surface area contributed by atoms with Gasteiger partial charge in [0.25, 0.3) is 0 Å². The number of hydrogen-bond acceptors (Lipinski definition) is 1. The topological polar surface area (TPSA) is 17.1 Å². The minimum Gasteiger partial charge on any atom is -0.295 e. The zero-order chi connectivity index (χ0) is 9.80. The van der Waals surface area contributed by atoms with Crippen molar-refractivity contribution in [3.63, 3.8) is 0 Å². The van der Waals surface area contributed by atoms with E-state index in [1.807, 2.05) is 0 Å². The number of allylic oxidation sites excluding steroid dienone is 2. The fourth-order valence-electron chi connectivity index (χ4n) is 2.71. The third-order valence-electron chi connectivity index (χ3n) is 3.60. The Kier molecular flexibility index (Phi) is 3.39. The van der Waals surface area contributed by atoms with Gasteiger partial charge < -0.3 is 0 Å². The number of hydrogen-bond donors (Lipinski definition) is 0. The van der Waals surface area contributed by atoms with E-state index in [4.69, 9.17) is 0 Å². The van der Waals surface area contributed by atoms with E-state index in [0.29, 0.717) is 11.7 Å². The first-order valence-electron chi connectivity index (χ1n) is 6.08. The number of carbonyl (C=O) groups is 1. The highest BCUT2D eigenvalue weighted by atomic mass is 16.1. The summed E-state index contributed by atoms with van der Waals surface area (Å²) in [6.45, 7) is 0. The van der Waals surface area contributed by atoms with Crippen LogP contribution in [0.1, 0.15) is 57.8 Å². The lowest BCUT2D eigenvalue weighted by Crippen LogP contribution is -2.12. The van der Waals surface area contributed by atoms with Crippen LogP contribution in [0.5, 0.6) is 0 Å². The Labute approximate surface area is 86.6 Å². The molecule has 0 unspecified atom stereocenters. The van der Waals surface area contributed by atoms with Gasteiger partial charge in [0.05, 0.1) is 0 Å². The minimum absolute atomic E-state index is 0.453. The molecule has 1 saturated carbocycles. The SMILES string of the molecule is O=C(CC1CCCCC1)C1=CCCC1. The fourth-order valence-corrected chi connectivity index (χ4v) is 2.71. The molecular weight excluding hydrogens is 172 g/mol. The summed E-state index contributed by atoms with van der Waals surface area (Å²) in [6.07, 6.45) is 13.0. The minimum atomic E-state index is 0.453. The van der Waals surface area contributed by atoms with E-state index in [2.05, 4.69) is 6.08 Å². The Hall–Kier alpha value is -0.590. The van der Waals surface area contributed by atoms with E-state index in [1.165, 1.54) is 38.5 Å². The molecule has 2 aliphatic rings. The van der Waals surface area contributed by atoms with Crippen molar-refractivity contribution in [2.24, 2.45) is 5.92 Å². The summed E-state index contributed by atoms with van der Waals surface area (Å²) in [6, 6.07) is 0. The van der Waals surface area contributed by atoms with Gasteiger partial charge in [0.2, 0.25) is 0 Å². The highest BCUT2D eigenvalue weighted by Crippen LogP contribution is 2.29. The van der Waals surface area contributed by atoms with Gasteiger partial charge in [-0.2, -0.15) is 0 Å². The average molecular weight is 192 g/mol. The van der Waals surface area contributed by atoms with Crippen molar-refractivity contribution in [2.75, 3.05) is 0 Å². The van der Waals surface area contributed by atoms with Crippen LogP contribution in [0.4, 0.5) is 0 Å². The molecule has 0 heterocycles. The summed E-state index contributed by atoms with van der Waals surface area (Å²) in [5, 5.41) is 0. The summed E-state index contributed by atoms with van der Waals surface area (Å²) in [4.78, 5) is 11.8. The molecule has 2 rings (SSSR count). The second-order valence-electron chi connectivity index (χ2n) is 4.75. The van der Waals surface area contributed by atoms with Gasteiger partial charge in [-0.25, -0.2) is 0 Å². The molecule has 0 N–H and O–H groups in total. The lowest BCUT2D eigenvalue weighted by atomic mass is 9.84. The molecule has 0 bridgehead atoms. The Balaban J connectivity index is 1.81. The second-order valence-corrected chi connectivity index (χ2v) is 4.75. The normalized spacial score (nSPS) is 23.6. The van der Waals surface area contributed by atoms with Gasteiger partial charge in [-0.05, 0) is 30.8 Å².